The van der Waals surface area contributed by atoms with Crippen LogP contribution in [0.2, 0.25) is 0 Å². The van der Waals surface area contributed by atoms with Crippen LogP contribution in [0.15, 0.2) is 77.3 Å². The molecule has 3 aromatic rings. The maximum Gasteiger partial charge on any atom is 0.261 e. The summed E-state index contributed by atoms with van der Waals surface area (Å²) in [5, 5.41) is 3.02. The summed E-state index contributed by atoms with van der Waals surface area (Å²) in [6.45, 7) is 12.4. The fourth-order valence-electron chi connectivity index (χ4n) is 4.25. The summed E-state index contributed by atoms with van der Waals surface area (Å²) in [5.74, 6) is 0.159. The van der Waals surface area contributed by atoms with Gasteiger partial charge in [0.2, 0.25) is 5.91 Å². The van der Waals surface area contributed by atoms with Gasteiger partial charge in [0.25, 0.3) is 5.91 Å². The van der Waals surface area contributed by atoms with Gasteiger partial charge in [0.1, 0.15) is 11.8 Å². The van der Waals surface area contributed by atoms with E-state index >= 15 is 0 Å². The SMILES string of the molecule is Cc1cccc(CN(C(=O)COc2ccc(C(C)(C)C)cc2Br)[C@H](Cc2ccccc2)C(=O)NC(C)C)c1. The average molecular weight is 580 g/mol. The fraction of sp³-hybridized carbons (Fsp3) is 0.375. The van der Waals surface area contributed by atoms with Gasteiger partial charge in [-0.1, -0.05) is 87.0 Å². The number of amides is 2. The quantitative estimate of drug-likeness (QED) is 0.295. The lowest BCUT2D eigenvalue weighted by molar-refractivity contribution is -0.143. The molecule has 0 aliphatic heterocycles. The molecule has 0 bridgehead atoms. The summed E-state index contributed by atoms with van der Waals surface area (Å²) < 4.78 is 6.79. The fourth-order valence-corrected chi connectivity index (χ4v) is 4.74. The minimum absolute atomic E-state index is 0.00405. The Morgan fingerprint density at radius 2 is 1.63 bits per heavy atom. The third-order valence-electron chi connectivity index (χ3n) is 6.29. The highest BCUT2D eigenvalue weighted by Crippen LogP contribution is 2.31. The van der Waals surface area contributed by atoms with Crippen molar-refractivity contribution in [3.63, 3.8) is 0 Å². The van der Waals surface area contributed by atoms with Gasteiger partial charge in [-0.2, -0.15) is 0 Å². The highest BCUT2D eigenvalue weighted by atomic mass is 79.9. The van der Waals surface area contributed by atoms with Crippen molar-refractivity contribution in [1.29, 1.82) is 0 Å². The monoisotopic (exact) mass is 578 g/mol. The van der Waals surface area contributed by atoms with E-state index in [1.54, 1.807) is 4.90 Å². The summed E-state index contributed by atoms with van der Waals surface area (Å²) in [4.78, 5) is 28.9. The van der Waals surface area contributed by atoms with Gasteiger partial charge in [-0.3, -0.25) is 9.59 Å². The second kappa shape index (κ2) is 13.1. The molecule has 5 nitrogen and oxygen atoms in total. The minimum atomic E-state index is -0.692. The lowest BCUT2D eigenvalue weighted by Gasteiger charge is -2.32. The molecule has 3 aromatic carbocycles. The van der Waals surface area contributed by atoms with Gasteiger partial charge < -0.3 is 15.0 Å². The first kappa shape index (κ1) is 29.4. The Labute approximate surface area is 235 Å². The number of nitrogens with one attached hydrogen (secondary N) is 1. The summed E-state index contributed by atoms with van der Waals surface area (Å²) in [6, 6.07) is 23.0. The van der Waals surface area contributed by atoms with Crippen molar-refractivity contribution < 1.29 is 14.3 Å². The Morgan fingerprint density at radius 3 is 2.24 bits per heavy atom. The summed E-state index contributed by atoms with van der Waals surface area (Å²) >= 11 is 3.60. The molecule has 0 aromatic heterocycles. The van der Waals surface area contributed by atoms with Crippen LogP contribution in [-0.4, -0.2) is 35.4 Å². The molecule has 0 radical (unpaired) electrons. The number of benzene rings is 3. The molecule has 2 amide bonds. The second-order valence-electron chi connectivity index (χ2n) is 11.1. The summed E-state index contributed by atoms with van der Waals surface area (Å²) in [6.07, 6.45) is 0.404. The Hall–Kier alpha value is -3.12. The molecule has 0 unspecified atom stereocenters. The molecule has 38 heavy (non-hydrogen) atoms. The van der Waals surface area contributed by atoms with Crippen LogP contribution in [0, 0.1) is 6.92 Å². The van der Waals surface area contributed by atoms with Crippen molar-refractivity contribution in [3.05, 3.63) is 99.5 Å². The van der Waals surface area contributed by atoms with Gasteiger partial charge in [-0.05, 0) is 70.9 Å². The summed E-state index contributed by atoms with van der Waals surface area (Å²) in [5.41, 5.74) is 4.21. The number of nitrogens with zero attached hydrogens (tertiary/aromatic N) is 1. The summed E-state index contributed by atoms with van der Waals surface area (Å²) in [7, 11) is 0. The van der Waals surface area contributed by atoms with E-state index < -0.39 is 6.04 Å². The lowest BCUT2D eigenvalue weighted by Crippen LogP contribution is -2.52. The van der Waals surface area contributed by atoms with Crippen molar-refractivity contribution in [2.24, 2.45) is 0 Å². The lowest BCUT2D eigenvalue weighted by atomic mass is 9.87. The molecular formula is C32H39BrN2O3. The van der Waals surface area contributed by atoms with Gasteiger partial charge in [0.15, 0.2) is 6.61 Å². The predicted octanol–water partition coefficient (Wildman–Crippen LogP) is 6.60. The number of carbonyl (C=O) groups is 2. The van der Waals surface area contributed by atoms with E-state index in [-0.39, 0.29) is 29.9 Å². The first-order chi connectivity index (χ1) is 17.9. The number of carbonyl (C=O) groups excluding carboxylic acids is 2. The van der Waals surface area contributed by atoms with E-state index in [2.05, 4.69) is 42.0 Å². The van der Waals surface area contributed by atoms with E-state index in [0.717, 1.165) is 26.7 Å². The van der Waals surface area contributed by atoms with Crippen LogP contribution < -0.4 is 10.1 Å². The van der Waals surface area contributed by atoms with E-state index in [1.807, 2.05) is 93.6 Å². The molecule has 0 fully saturated rings. The smallest absolute Gasteiger partial charge is 0.261 e. The maximum atomic E-state index is 13.8. The van der Waals surface area contributed by atoms with E-state index in [0.29, 0.717) is 18.7 Å². The van der Waals surface area contributed by atoms with Crippen LogP contribution in [0.4, 0.5) is 0 Å². The Morgan fingerprint density at radius 1 is 0.947 bits per heavy atom. The van der Waals surface area contributed by atoms with Gasteiger partial charge in [-0.25, -0.2) is 0 Å². The molecule has 0 heterocycles. The highest BCUT2D eigenvalue weighted by molar-refractivity contribution is 9.10. The maximum absolute atomic E-state index is 13.8. The molecule has 0 saturated heterocycles. The third-order valence-corrected chi connectivity index (χ3v) is 6.91. The van der Waals surface area contributed by atoms with Crippen molar-refractivity contribution in [1.82, 2.24) is 10.2 Å². The van der Waals surface area contributed by atoms with Crippen LogP contribution in [-0.2, 0) is 28.0 Å². The van der Waals surface area contributed by atoms with Crippen LogP contribution >= 0.6 is 15.9 Å². The van der Waals surface area contributed by atoms with E-state index in [4.69, 9.17) is 4.74 Å². The first-order valence-electron chi connectivity index (χ1n) is 13.1. The molecule has 1 N–H and O–H groups in total. The Kier molecular flexibility index (Phi) is 10.1. The van der Waals surface area contributed by atoms with Gasteiger partial charge >= 0.3 is 0 Å². The van der Waals surface area contributed by atoms with Crippen molar-refractivity contribution in [3.8, 4) is 5.75 Å². The topological polar surface area (TPSA) is 58.6 Å². The largest absolute Gasteiger partial charge is 0.483 e. The molecule has 0 saturated carbocycles. The van der Waals surface area contributed by atoms with E-state index in [1.165, 1.54) is 0 Å². The number of halogens is 1. The molecule has 3 rings (SSSR count). The van der Waals surface area contributed by atoms with Crippen molar-refractivity contribution in [2.75, 3.05) is 6.61 Å². The average Bonchev–Trinajstić information content (AvgIpc) is 2.85. The van der Waals surface area contributed by atoms with Gasteiger partial charge in [-0.15, -0.1) is 0 Å². The molecule has 0 aliphatic carbocycles. The van der Waals surface area contributed by atoms with Gasteiger partial charge in [0, 0.05) is 19.0 Å². The predicted molar refractivity (Wildman–Crippen MR) is 157 cm³/mol. The number of hydrogen-bond donors (Lipinski definition) is 1. The van der Waals surface area contributed by atoms with Crippen LogP contribution in [0.3, 0.4) is 0 Å². The third kappa shape index (κ3) is 8.45. The molecule has 1 atom stereocenters. The zero-order chi connectivity index (χ0) is 27.9. The van der Waals surface area contributed by atoms with Crippen LogP contribution in [0.25, 0.3) is 0 Å². The van der Waals surface area contributed by atoms with Gasteiger partial charge in [0.05, 0.1) is 4.47 Å². The van der Waals surface area contributed by atoms with Crippen molar-refractivity contribution >= 4 is 27.7 Å². The molecule has 0 spiro atoms. The number of ether oxygens (including phenoxy) is 1. The number of hydrogen-bond acceptors (Lipinski definition) is 3. The van der Waals surface area contributed by atoms with Crippen LogP contribution in [0.1, 0.15) is 56.9 Å². The Balaban J connectivity index is 1.91. The first-order valence-corrected chi connectivity index (χ1v) is 13.9. The number of aryl methyl sites for hydroxylation is 1. The Bertz CT molecular complexity index is 1230. The normalized spacial score (nSPS) is 12.2. The molecule has 6 heteroatoms. The van der Waals surface area contributed by atoms with E-state index in [9.17, 15) is 9.59 Å². The minimum Gasteiger partial charge on any atom is -0.483 e. The molecule has 0 aliphatic rings. The molecule has 202 valence electrons. The van der Waals surface area contributed by atoms with Crippen molar-refractivity contribution in [2.45, 2.75) is 72.0 Å². The highest BCUT2D eigenvalue weighted by Gasteiger charge is 2.31. The second-order valence-corrected chi connectivity index (χ2v) is 11.9. The zero-order valence-corrected chi connectivity index (χ0v) is 24.8. The standard InChI is InChI=1S/C32H39BrN2O3/c1-22(2)34-31(37)28(18-24-12-8-7-9-13-24)35(20-25-14-10-11-23(3)17-25)30(36)21-38-29-16-15-26(19-27(29)33)32(4,5)6/h7-17,19,22,28H,18,20-21H2,1-6H3,(H,34,37)/t28-/m1/s1. The van der Waals surface area contributed by atoms with Crippen LogP contribution in [0.5, 0.6) is 5.75 Å². The zero-order valence-electron chi connectivity index (χ0n) is 23.3. The number of rotatable bonds is 10. The molecular weight excluding hydrogens is 540 g/mol.